The Labute approximate surface area is 96.4 Å². The van der Waals surface area contributed by atoms with Gasteiger partial charge in [0.2, 0.25) is 0 Å². The molecule has 0 spiro atoms. The summed E-state index contributed by atoms with van der Waals surface area (Å²) in [5.74, 6) is 0.857. The Kier molecular flexibility index (Phi) is 1.57. The van der Waals surface area contributed by atoms with Crippen molar-refractivity contribution in [3.63, 3.8) is 0 Å². The van der Waals surface area contributed by atoms with Gasteiger partial charge in [0, 0.05) is 16.3 Å². The van der Waals surface area contributed by atoms with Gasteiger partial charge in [-0.05, 0) is 41.1 Å². The van der Waals surface area contributed by atoms with Crippen molar-refractivity contribution in [2.75, 3.05) is 5.88 Å². The summed E-state index contributed by atoms with van der Waals surface area (Å²) in [5, 5.41) is 4.86. The van der Waals surface area contributed by atoms with Crippen molar-refractivity contribution in [2.24, 2.45) is 9.98 Å². The molecule has 2 aromatic carbocycles. The first-order chi connectivity index (χ1) is 7.90. The fraction of sp³-hybridized carbons (Fsp3) is 0.0769. The predicted octanol–water partition coefficient (Wildman–Crippen LogP) is 2.02. The molecule has 2 aliphatic rings. The topological polar surface area (TPSA) is 24.7 Å². The van der Waals surface area contributed by atoms with Gasteiger partial charge in [-0.15, -0.1) is 11.8 Å². The van der Waals surface area contributed by atoms with E-state index in [-0.39, 0.29) is 0 Å². The fourth-order valence-corrected chi connectivity index (χ4v) is 3.00. The zero-order valence-electron chi connectivity index (χ0n) is 8.47. The Morgan fingerprint density at radius 2 is 2.00 bits per heavy atom. The van der Waals surface area contributed by atoms with Crippen LogP contribution in [-0.2, 0) is 0 Å². The van der Waals surface area contributed by atoms with E-state index >= 15 is 0 Å². The summed E-state index contributed by atoms with van der Waals surface area (Å²) in [6, 6.07) is 8.75. The summed E-state index contributed by atoms with van der Waals surface area (Å²) in [6.07, 6.45) is 3.91. The highest BCUT2D eigenvalue weighted by Gasteiger charge is 2.08. The van der Waals surface area contributed by atoms with Crippen LogP contribution in [0.2, 0.25) is 0 Å². The van der Waals surface area contributed by atoms with Gasteiger partial charge in [0.05, 0.1) is 16.9 Å². The van der Waals surface area contributed by atoms with Gasteiger partial charge in [-0.2, -0.15) is 0 Å². The van der Waals surface area contributed by atoms with Crippen molar-refractivity contribution in [1.29, 1.82) is 0 Å². The molecule has 0 aliphatic carbocycles. The largest absolute Gasteiger partial charge is 0.273 e. The lowest BCUT2D eigenvalue weighted by Gasteiger charge is -2.00. The molecule has 2 aliphatic heterocycles. The maximum absolute atomic E-state index is 4.46. The van der Waals surface area contributed by atoms with Crippen LogP contribution in [0.5, 0.6) is 0 Å². The third-order valence-electron chi connectivity index (χ3n) is 2.99. The highest BCUT2D eigenvalue weighted by Crippen LogP contribution is 2.24. The van der Waals surface area contributed by atoms with E-state index in [4.69, 9.17) is 0 Å². The second-order valence-electron chi connectivity index (χ2n) is 3.95. The molecule has 0 atom stereocenters. The molecule has 0 saturated carbocycles. The highest BCUT2D eigenvalue weighted by molar-refractivity contribution is 7.99. The molecule has 3 heteroatoms. The molecule has 0 N–H and O–H groups in total. The van der Waals surface area contributed by atoms with E-state index in [9.17, 15) is 0 Å². The van der Waals surface area contributed by atoms with Gasteiger partial charge in [-0.3, -0.25) is 9.98 Å². The van der Waals surface area contributed by atoms with Gasteiger partial charge < -0.3 is 0 Å². The van der Waals surface area contributed by atoms with Gasteiger partial charge in [0.1, 0.15) is 0 Å². The number of aliphatic imine (C=N–C) groups is 1. The third kappa shape index (κ3) is 1.09. The number of hydrogen-bond acceptors (Lipinski definition) is 3. The summed E-state index contributed by atoms with van der Waals surface area (Å²) in [5.41, 5.74) is 1.07. The number of hydrogen-bond donors (Lipinski definition) is 0. The van der Waals surface area contributed by atoms with Crippen molar-refractivity contribution >= 4 is 40.5 Å². The average Bonchev–Trinajstić information content (AvgIpc) is 2.89. The Morgan fingerprint density at radius 3 is 3.00 bits per heavy atom. The van der Waals surface area contributed by atoms with Crippen LogP contribution < -0.4 is 10.6 Å². The van der Waals surface area contributed by atoms with Gasteiger partial charge >= 0.3 is 0 Å². The van der Waals surface area contributed by atoms with Crippen molar-refractivity contribution in [3.8, 4) is 0 Å². The summed E-state index contributed by atoms with van der Waals surface area (Å²) in [6.45, 7) is 0. The van der Waals surface area contributed by atoms with Crippen molar-refractivity contribution in [2.45, 2.75) is 4.90 Å². The zero-order chi connectivity index (χ0) is 10.5. The Morgan fingerprint density at radius 1 is 1.06 bits per heavy atom. The second-order valence-corrected chi connectivity index (χ2v) is 4.94. The maximum atomic E-state index is 4.46. The predicted molar refractivity (Wildman–Crippen MR) is 68.1 cm³/mol. The molecule has 76 valence electrons. The van der Waals surface area contributed by atoms with Crippen LogP contribution in [0.15, 0.2) is 39.1 Å². The van der Waals surface area contributed by atoms with Gasteiger partial charge in [-0.25, -0.2) is 0 Å². The molecule has 0 unspecified atom stereocenters. The van der Waals surface area contributed by atoms with E-state index < -0.39 is 0 Å². The van der Waals surface area contributed by atoms with Crippen molar-refractivity contribution in [1.82, 2.24) is 0 Å². The van der Waals surface area contributed by atoms with Crippen molar-refractivity contribution in [3.05, 3.63) is 34.8 Å². The number of nitrogens with zero attached hydrogens (tertiary/aromatic N) is 2. The lowest BCUT2D eigenvalue weighted by atomic mass is 10.1. The van der Waals surface area contributed by atoms with Crippen LogP contribution >= 0.6 is 11.8 Å². The van der Waals surface area contributed by atoms with Gasteiger partial charge in [0.25, 0.3) is 0 Å². The van der Waals surface area contributed by atoms with E-state index in [0.29, 0.717) is 0 Å². The van der Waals surface area contributed by atoms with Gasteiger partial charge in [0.15, 0.2) is 0 Å². The number of fused-ring (bicyclic) bond motifs is 3. The molecule has 0 radical (unpaired) electrons. The molecular formula is C13H8N2S. The van der Waals surface area contributed by atoms with Crippen LogP contribution in [0.1, 0.15) is 0 Å². The SMILES string of the molecule is C1=Nc2cc3cc4c(cc3cc2=C1)SCN=4. The van der Waals surface area contributed by atoms with E-state index in [1.54, 1.807) is 0 Å². The molecular weight excluding hydrogens is 216 g/mol. The van der Waals surface area contributed by atoms with Crippen LogP contribution in [-0.4, -0.2) is 12.1 Å². The van der Waals surface area contributed by atoms with Crippen LogP contribution in [0.25, 0.3) is 16.8 Å². The molecule has 0 saturated heterocycles. The lowest BCUT2D eigenvalue weighted by molar-refractivity contribution is 1.23. The molecule has 0 amide bonds. The standard InChI is InChI=1S/C13H8N2S/c1-2-14-11-4-10-5-12-13(16-7-15-12)6-9(10)3-8(1)11/h1-6H,7H2. The molecule has 2 aromatic rings. The Bertz CT molecular complexity index is 760. The van der Waals surface area contributed by atoms with E-state index in [1.165, 1.54) is 20.9 Å². The third-order valence-corrected chi connectivity index (χ3v) is 3.88. The zero-order valence-corrected chi connectivity index (χ0v) is 9.29. The Balaban J connectivity index is 2.17. The first-order valence-corrected chi connectivity index (χ1v) is 6.18. The smallest absolute Gasteiger partial charge is 0.0898 e. The highest BCUT2D eigenvalue weighted by atomic mass is 32.2. The monoisotopic (exact) mass is 224 g/mol. The summed E-state index contributed by atoms with van der Waals surface area (Å²) in [7, 11) is 0. The minimum Gasteiger partial charge on any atom is -0.273 e. The van der Waals surface area contributed by atoms with E-state index in [0.717, 1.165) is 16.9 Å². The van der Waals surface area contributed by atoms with Crippen LogP contribution in [0.3, 0.4) is 0 Å². The first kappa shape index (κ1) is 8.53. The number of thioether (sulfide) groups is 1. The summed E-state index contributed by atoms with van der Waals surface area (Å²) < 4.78 is 0. The minimum atomic E-state index is 0.857. The van der Waals surface area contributed by atoms with Crippen LogP contribution in [0, 0.1) is 0 Å². The molecule has 2 nitrogen and oxygen atoms in total. The molecule has 0 bridgehead atoms. The van der Waals surface area contributed by atoms with E-state index in [2.05, 4.69) is 40.3 Å². The molecule has 0 fully saturated rings. The maximum Gasteiger partial charge on any atom is 0.0898 e. The fourth-order valence-electron chi connectivity index (χ4n) is 2.18. The molecule has 0 aromatic heterocycles. The molecule has 4 rings (SSSR count). The van der Waals surface area contributed by atoms with Crippen molar-refractivity contribution < 1.29 is 0 Å². The normalized spacial score (nSPS) is 15.8. The average molecular weight is 224 g/mol. The number of rotatable bonds is 0. The first-order valence-electron chi connectivity index (χ1n) is 5.20. The number of benzene rings is 2. The lowest BCUT2D eigenvalue weighted by Crippen LogP contribution is -2.02. The van der Waals surface area contributed by atoms with Crippen LogP contribution in [0.4, 0.5) is 5.69 Å². The quantitative estimate of drug-likeness (QED) is 0.672. The molecule has 2 heterocycles. The summed E-state index contributed by atoms with van der Waals surface area (Å²) >= 11 is 1.81. The van der Waals surface area contributed by atoms with E-state index in [1.807, 2.05) is 18.0 Å². The van der Waals surface area contributed by atoms with Gasteiger partial charge in [-0.1, -0.05) is 0 Å². The summed E-state index contributed by atoms with van der Waals surface area (Å²) in [4.78, 5) is 10.1. The minimum absolute atomic E-state index is 0.857. The Hall–Kier alpha value is -1.61. The molecule has 16 heavy (non-hydrogen) atoms. The second kappa shape index (κ2) is 2.95.